The number of hydrogen-bond donors (Lipinski definition) is 2. The van der Waals surface area contributed by atoms with E-state index >= 15 is 0 Å². The van der Waals surface area contributed by atoms with Crippen molar-refractivity contribution in [2.75, 3.05) is 18.5 Å². The number of carbonyl (C=O) groups excluding carboxylic acids is 1. The van der Waals surface area contributed by atoms with Gasteiger partial charge in [-0.05, 0) is 38.1 Å². The van der Waals surface area contributed by atoms with Crippen molar-refractivity contribution in [1.29, 1.82) is 0 Å². The Balaban J connectivity index is 2.40. The standard InChI is InChI=1S/C15H23ClN2O2/c1-4-20-14-8-7-12(10-13(14)16)18-15(19)6-5-9-17-11(2)3/h7-8,10-11,17H,4-6,9H2,1-3H3,(H,18,19). The number of benzene rings is 1. The summed E-state index contributed by atoms with van der Waals surface area (Å²) in [5.74, 6) is 0.629. The quantitative estimate of drug-likeness (QED) is 0.723. The number of anilines is 1. The summed E-state index contributed by atoms with van der Waals surface area (Å²) in [6.45, 7) is 7.48. The SMILES string of the molecule is CCOc1ccc(NC(=O)CCCNC(C)C)cc1Cl. The molecule has 0 aliphatic carbocycles. The van der Waals surface area contributed by atoms with Crippen LogP contribution in [0.1, 0.15) is 33.6 Å². The van der Waals surface area contributed by atoms with Crippen molar-refractivity contribution in [3.63, 3.8) is 0 Å². The fourth-order valence-electron chi connectivity index (χ4n) is 1.71. The van der Waals surface area contributed by atoms with Crippen molar-refractivity contribution >= 4 is 23.2 Å². The number of carbonyl (C=O) groups is 1. The number of rotatable bonds is 8. The number of amides is 1. The van der Waals surface area contributed by atoms with E-state index in [4.69, 9.17) is 16.3 Å². The highest BCUT2D eigenvalue weighted by Crippen LogP contribution is 2.27. The molecule has 1 aromatic rings. The highest BCUT2D eigenvalue weighted by Gasteiger charge is 2.06. The molecule has 2 N–H and O–H groups in total. The van der Waals surface area contributed by atoms with Crippen LogP contribution in [-0.2, 0) is 4.79 Å². The van der Waals surface area contributed by atoms with Crippen LogP contribution in [-0.4, -0.2) is 25.1 Å². The summed E-state index contributed by atoms with van der Waals surface area (Å²) in [5.41, 5.74) is 0.695. The molecule has 5 heteroatoms. The summed E-state index contributed by atoms with van der Waals surface area (Å²) in [4.78, 5) is 11.8. The second-order valence-corrected chi connectivity index (χ2v) is 5.25. The minimum atomic E-state index is -0.00390. The zero-order valence-electron chi connectivity index (χ0n) is 12.3. The average molecular weight is 299 g/mol. The molecule has 1 amide bonds. The van der Waals surface area contributed by atoms with Crippen molar-refractivity contribution in [1.82, 2.24) is 5.32 Å². The number of hydrogen-bond acceptors (Lipinski definition) is 3. The molecule has 0 spiro atoms. The number of halogens is 1. The van der Waals surface area contributed by atoms with E-state index in [0.717, 1.165) is 13.0 Å². The first kappa shape index (κ1) is 16.8. The number of nitrogens with one attached hydrogen (secondary N) is 2. The molecule has 0 bridgehead atoms. The molecule has 0 radical (unpaired) electrons. The Morgan fingerprint density at radius 2 is 2.15 bits per heavy atom. The average Bonchev–Trinajstić information content (AvgIpc) is 2.38. The fourth-order valence-corrected chi connectivity index (χ4v) is 1.95. The van der Waals surface area contributed by atoms with Gasteiger partial charge in [-0.25, -0.2) is 0 Å². The van der Waals surface area contributed by atoms with Crippen LogP contribution in [0.25, 0.3) is 0 Å². The molecule has 0 aliphatic heterocycles. The lowest BCUT2D eigenvalue weighted by Gasteiger charge is -2.10. The van der Waals surface area contributed by atoms with Gasteiger partial charge in [0.2, 0.25) is 5.91 Å². The van der Waals surface area contributed by atoms with Crippen molar-refractivity contribution < 1.29 is 9.53 Å². The first-order valence-electron chi connectivity index (χ1n) is 6.98. The second-order valence-electron chi connectivity index (χ2n) is 4.84. The van der Waals surface area contributed by atoms with Crippen LogP contribution in [0.15, 0.2) is 18.2 Å². The molecule has 0 saturated carbocycles. The largest absolute Gasteiger partial charge is 0.492 e. The molecule has 0 fully saturated rings. The highest BCUT2D eigenvalue weighted by molar-refractivity contribution is 6.32. The highest BCUT2D eigenvalue weighted by atomic mass is 35.5. The molecular formula is C15H23ClN2O2. The molecule has 0 aromatic heterocycles. The van der Waals surface area contributed by atoms with Crippen LogP contribution in [0.3, 0.4) is 0 Å². The van der Waals surface area contributed by atoms with Gasteiger partial charge < -0.3 is 15.4 Å². The predicted octanol–water partition coefficient (Wildman–Crippen LogP) is 3.46. The summed E-state index contributed by atoms with van der Waals surface area (Å²) in [6.07, 6.45) is 1.30. The summed E-state index contributed by atoms with van der Waals surface area (Å²) in [6, 6.07) is 5.71. The predicted molar refractivity (Wildman–Crippen MR) is 83.6 cm³/mol. The van der Waals surface area contributed by atoms with E-state index < -0.39 is 0 Å². The molecule has 0 heterocycles. The summed E-state index contributed by atoms with van der Waals surface area (Å²) in [5, 5.41) is 6.62. The normalized spacial score (nSPS) is 10.7. The maximum absolute atomic E-state index is 11.8. The van der Waals surface area contributed by atoms with Crippen LogP contribution < -0.4 is 15.4 Å². The van der Waals surface area contributed by atoms with Gasteiger partial charge in [-0.15, -0.1) is 0 Å². The molecular weight excluding hydrogens is 276 g/mol. The van der Waals surface area contributed by atoms with E-state index in [2.05, 4.69) is 24.5 Å². The Hall–Kier alpha value is -1.26. The lowest BCUT2D eigenvalue weighted by atomic mass is 10.2. The molecule has 20 heavy (non-hydrogen) atoms. The first-order valence-corrected chi connectivity index (χ1v) is 7.36. The zero-order valence-corrected chi connectivity index (χ0v) is 13.1. The Morgan fingerprint density at radius 3 is 2.75 bits per heavy atom. The minimum absolute atomic E-state index is 0.00390. The fraction of sp³-hybridized carbons (Fsp3) is 0.533. The van der Waals surface area contributed by atoms with E-state index in [9.17, 15) is 4.79 Å². The maximum atomic E-state index is 11.8. The third-order valence-electron chi connectivity index (χ3n) is 2.65. The van der Waals surface area contributed by atoms with E-state index in [1.807, 2.05) is 6.92 Å². The van der Waals surface area contributed by atoms with Gasteiger partial charge in [-0.2, -0.15) is 0 Å². The molecule has 4 nitrogen and oxygen atoms in total. The van der Waals surface area contributed by atoms with Gasteiger partial charge in [0.05, 0.1) is 11.6 Å². The zero-order chi connectivity index (χ0) is 15.0. The summed E-state index contributed by atoms with van der Waals surface area (Å²) < 4.78 is 5.35. The lowest BCUT2D eigenvalue weighted by molar-refractivity contribution is -0.116. The minimum Gasteiger partial charge on any atom is -0.492 e. The van der Waals surface area contributed by atoms with Crippen molar-refractivity contribution in [2.45, 2.75) is 39.7 Å². The third-order valence-corrected chi connectivity index (χ3v) is 2.94. The van der Waals surface area contributed by atoms with Gasteiger partial charge in [0, 0.05) is 18.2 Å². The second kappa shape index (κ2) is 8.82. The smallest absolute Gasteiger partial charge is 0.224 e. The molecule has 1 rings (SSSR count). The third kappa shape index (κ3) is 6.26. The molecule has 1 aromatic carbocycles. The Morgan fingerprint density at radius 1 is 1.40 bits per heavy atom. The van der Waals surface area contributed by atoms with Crippen LogP contribution >= 0.6 is 11.6 Å². The van der Waals surface area contributed by atoms with Crippen molar-refractivity contribution in [2.24, 2.45) is 0 Å². The van der Waals surface area contributed by atoms with Crippen molar-refractivity contribution in [3.05, 3.63) is 23.2 Å². The molecule has 0 aliphatic rings. The molecule has 112 valence electrons. The van der Waals surface area contributed by atoms with Gasteiger partial charge in [0.1, 0.15) is 5.75 Å². The van der Waals surface area contributed by atoms with E-state index in [-0.39, 0.29) is 5.91 Å². The monoisotopic (exact) mass is 298 g/mol. The topological polar surface area (TPSA) is 50.4 Å². The van der Waals surface area contributed by atoms with Crippen LogP contribution in [0.2, 0.25) is 5.02 Å². The molecule has 0 saturated heterocycles. The van der Waals surface area contributed by atoms with Crippen LogP contribution in [0.4, 0.5) is 5.69 Å². The van der Waals surface area contributed by atoms with E-state index in [1.165, 1.54) is 0 Å². The van der Waals surface area contributed by atoms with Gasteiger partial charge in [0.15, 0.2) is 0 Å². The van der Waals surface area contributed by atoms with Crippen molar-refractivity contribution in [3.8, 4) is 5.75 Å². The van der Waals surface area contributed by atoms with E-state index in [1.54, 1.807) is 18.2 Å². The Bertz CT molecular complexity index is 436. The van der Waals surface area contributed by atoms with Crippen LogP contribution in [0, 0.1) is 0 Å². The van der Waals surface area contributed by atoms with E-state index in [0.29, 0.717) is 35.5 Å². The summed E-state index contributed by atoms with van der Waals surface area (Å²) in [7, 11) is 0. The van der Waals surface area contributed by atoms with Crippen LogP contribution in [0.5, 0.6) is 5.75 Å². The summed E-state index contributed by atoms with van der Waals surface area (Å²) >= 11 is 6.07. The van der Waals surface area contributed by atoms with Gasteiger partial charge in [0.25, 0.3) is 0 Å². The Labute approximate surface area is 125 Å². The maximum Gasteiger partial charge on any atom is 0.224 e. The molecule has 0 unspecified atom stereocenters. The Kier molecular flexibility index (Phi) is 7.41. The van der Waals surface area contributed by atoms with Gasteiger partial charge in [-0.3, -0.25) is 4.79 Å². The lowest BCUT2D eigenvalue weighted by Crippen LogP contribution is -2.24. The molecule has 0 atom stereocenters. The first-order chi connectivity index (χ1) is 9.52. The van der Waals surface area contributed by atoms with Gasteiger partial charge >= 0.3 is 0 Å². The number of ether oxygens (including phenoxy) is 1. The van der Waals surface area contributed by atoms with Gasteiger partial charge in [-0.1, -0.05) is 25.4 Å².